The molecule has 0 bridgehead atoms. The van der Waals surface area contributed by atoms with Crippen molar-refractivity contribution in [1.29, 1.82) is 0 Å². The summed E-state index contributed by atoms with van der Waals surface area (Å²) in [6.07, 6.45) is 0. The molecule has 0 unspecified atom stereocenters. The molecule has 0 spiro atoms. The van der Waals surface area contributed by atoms with Gasteiger partial charge in [-0.25, -0.2) is 0 Å². The average Bonchev–Trinajstić information content (AvgIpc) is 2.38. The Morgan fingerprint density at radius 2 is 2.00 bits per heavy atom. The van der Waals surface area contributed by atoms with Crippen LogP contribution < -0.4 is 0 Å². The van der Waals surface area contributed by atoms with Crippen LogP contribution in [-0.4, -0.2) is 47.3 Å². The van der Waals surface area contributed by atoms with Gasteiger partial charge in [0.05, 0.1) is 5.56 Å². The van der Waals surface area contributed by atoms with E-state index < -0.39 is 5.54 Å². The summed E-state index contributed by atoms with van der Waals surface area (Å²) in [5, 5.41) is 0. The largest absolute Gasteiger partial charge is 0.342 e. The zero-order chi connectivity index (χ0) is 15.1. The zero-order valence-electron chi connectivity index (χ0n) is 11.6. The topological polar surface area (TPSA) is 40.6 Å². The number of carbonyl (C=O) groups is 2. The van der Waals surface area contributed by atoms with Crippen LogP contribution in [0.3, 0.4) is 0 Å². The molecule has 0 saturated carbocycles. The summed E-state index contributed by atoms with van der Waals surface area (Å²) in [7, 11) is 1.77. The first-order chi connectivity index (χ1) is 9.25. The fraction of sp³-hybridized carbons (Fsp3) is 0.429. The van der Waals surface area contributed by atoms with E-state index in [1.807, 2.05) is 18.2 Å². The van der Waals surface area contributed by atoms with E-state index in [-0.39, 0.29) is 11.8 Å². The van der Waals surface area contributed by atoms with Crippen molar-refractivity contribution in [3.63, 3.8) is 0 Å². The number of hydrogen-bond acceptors (Lipinski definition) is 2. The Hall–Kier alpha value is -0.630. The number of nitrogens with zero attached hydrogens (tertiary/aromatic N) is 2. The van der Waals surface area contributed by atoms with Crippen LogP contribution in [0.2, 0.25) is 0 Å². The fourth-order valence-corrected chi connectivity index (χ4v) is 3.28. The second kappa shape index (κ2) is 5.63. The molecule has 1 aliphatic heterocycles. The third kappa shape index (κ3) is 2.72. The molecule has 0 N–H and O–H groups in total. The smallest absolute Gasteiger partial charge is 0.255 e. The number of likely N-dealkylation sites (N-methyl/N-ethyl adjacent to an activating group) is 1. The molecule has 20 heavy (non-hydrogen) atoms. The van der Waals surface area contributed by atoms with Gasteiger partial charge in [0.15, 0.2) is 0 Å². The van der Waals surface area contributed by atoms with Crippen molar-refractivity contribution in [2.24, 2.45) is 0 Å². The van der Waals surface area contributed by atoms with E-state index in [1.54, 1.807) is 30.7 Å². The molecule has 2 rings (SSSR count). The van der Waals surface area contributed by atoms with Crippen LogP contribution in [0.5, 0.6) is 0 Å². The summed E-state index contributed by atoms with van der Waals surface area (Å²) in [6, 6.07) is 5.63. The number of halogens is 2. The van der Waals surface area contributed by atoms with Crippen molar-refractivity contribution in [3.8, 4) is 0 Å². The lowest BCUT2D eigenvalue weighted by molar-refractivity contribution is -0.144. The molecule has 0 aliphatic carbocycles. The van der Waals surface area contributed by atoms with Crippen molar-refractivity contribution in [3.05, 3.63) is 31.8 Å². The highest BCUT2D eigenvalue weighted by atomic mass is 127. The molecule has 4 nitrogen and oxygen atoms in total. The second-order valence-corrected chi connectivity index (χ2v) is 7.47. The summed E-state index contributed by atoms with van der Waals surface area (Å²) in [6.45, 7) is 4.71. The molecular formula is C14H16BrIN2O2. The molecule has 0 aromatic heterocycles. The van der Waals surface area contributed by atoms with Gasteiger partial charge < -0.3 is 9.80 Å². The maximum absolute atomic E-state index is 12.8. The van der Waals surface area contributed by atoms with E-state index >= 15 is 0 Å². The predicted molar refractivity (Wildman–Crippen MR) is 89.6 cm³/mol. The summed E-state index contributed by atoms with van der Waals surface area (Å²) in [4.78, 5) is 28.4. The molecule has 0 radical (unpaired) electrons. The van der Waals surface area contributed by atoms with Crippen molar-refractivity contribution < 1.29 is 9.59 Å². The molecule has 0 atom stereocenters. The second-order valence-electron chi connectivity index (χ2n) is 5.37. The van der Waals surface area contributed by atoms with Crippen LogP contribution in [-0.2, 0) is 4.79 Å². The molecule has 2 amide bonds. The fourth-order valence-electron chi connectivity index (χ4n) is 2.38. The van der Waals surface area contributed by atoms with E-state index in [1.165, 1.54) is 0 Å². The van der Waals surface area contributed by atoms with Crippen molar-refractivity contribution in [1.82, 2.24) is 9.80 Å². The third-order valence-corrected chi connectivity index (χ3v) is 4.97. The minimum absolute atomic E-state index is 0.0288. The molecule has 6 heteroatoms. The first-order valence-corrected chi connectivity index (χ1v) is 8.15. The zero-order valence-corrected chi connectivity index (χ0v) is 15.4. The maximum Gasteiger partial charge on any atom is 0.255 e. The van der Waals surface area contributed by atoms with Crippen LogP contribution in [0.4, 0.5) is 0 Å². The van der Waals surface area contributed by atoms with Crippen molar-refractivity contribution >= 4 is 50.3 Å². The number of carbonyl (C=O) groups excluding carboxylic acids is 2. The van der Waals surface area contributed by atoms with Gasteiger partial charge >= 0.3 is 0 Å². The molecule has 1 aromatic carbocycles. The maximum atomic E-state index is 12.8. The van der Waals surface area contributed by atoms with E-state index in [9.17, 15) is 9.59 Å². The van der Waals surface area contributed by atoms with Gasteiger partial charge in [0.25, 0.3) is 5.91 Å². The Bertz CT molecular complexity index is 574. The minimum Gasteiger partial charge on any atom is -0.342 e. The van der Waals surface area contributed by atoms with Crippen LogP contribution in [0.15, 0.2) is 22.7 Å². The summed E-state index contributed by atoms with van der Waals surface area (Å²) < 4.78 is 1.75. The van der Waals surface area contributed by atoms with Crippen LogP contribution in [0, 0.1) is 3.57 Å². The van der Waals surface area contributed by atoms with Gasteiger partial charge in [-0.2, -0.15) is 0 Å². The van der Waals surface area contributed by atoms with E-state index in [0.29, 0.717) is 18.7 Å². The highest BCUT2D eigenvalue weighted by Crippen LogP contribution is 2.27. The average molecular weight is 451 g/mol. The summed E-state index contributed by atoms with van der Waals surface area (Å²) >= 11 is 5.59. The Morgan fingerprint density at radius 3 is 2.65 bits per heavy atom. The molecule has 108 valence electrons. The highest BCUT2D eigenvalue weighted by molar-refractivity contribution is 14.1. The first kappa shape index (κ1) is 15.8. The summed E-state index contributed by atoms with van der Waals surface area (Å²) in [5.41, 5.74) is -0.215. The highest BCUT2D eigenvalue weighted by Gasteiger charge is 2.43. The molecular weight excluding hydrogens is 435 g/mol. The Labute approximate surface area is 140 Å². The number of rotatable bonds is 1. The molecule has 1 saturated heterocycles. The Balaban J connectivity index is 2.38. The van der Waals surface area contributed by atoms with Gasteiger partial charge in [-0.3, -0.25) is 9.59 Å². The molecule has 1 aliphatic rings. The van der Waals surface area contributed by atoms with Gasteiger partial charge in [-0.05, 0) is 70.6 Å². The SMILES string of the molecule is CN1CCN(C(=O)c2cc(I)ccc2Br)C(C)(C)C1=O. The Kier molecular flexibility index (Phi) is 4.44. The monoisotopic (exact) mass is 450 g/mol. The molecule has 1 aromatic rings. The van der Waals surface area contributed by atoms with Gasteiger partial charge in [-0.1, -0.05) is 0 Å². The van der Waals surface area contributed by atoms with Gasteiger partial charge in [0.1, 0.15) is 5.54 Å². The third-order valence-electron chi connectivity index (χ3n) is 3.61. The van der Waals surface area contributed by atoms with E-state index in [4.69, 9.17) is 0 Å². The van der Waals surface area contributed by atoms with Crippen molar-refractivity contribution in [2.75, 3.05) is 20.1 Å². The lowest BCUT2D eigenvalue weighted by Crippen LogP contribution is -2.63. The van der Waals surface area contributed by atoms with Gasteiger partial charge in [0, 0.05) is 28.2 Å². The van der Waals surface area contributed by atoms with Crippen LogP contribution in [0.1, 0.15) is 24.2 Å². The minimum atomic E-state index is -0.815. The number of hydrogen-bond donors (Lipinski definition) is 0. The lowest BCUT2D eigenvalue weighted by atomic mass is 9.96. The quantitative estimate of drug-likeness (QED) is 0.617. The molecule has 1 fully saturated rings. The van der Waals surface area contributed by atoms with Crippen LogP contribution in [0.25, 0.3) is 0 Å². The van der Waals surface area contributed by atoms with E-state index in [2.05, 4.69) is 38.5 Å². The van der Waals surface area contributed by atoms with Gasteiger partial charge in [-0.15, -0.1) is 0 Å². The molecule has 1 heterocycles. The number of benzene rings is 1. The number of piperazine rings is 1. The van der Waals surface area contributed by atoms with E-state index in [0.717, 1.165) is 8.04 Å². The van der Waals surface area contributed by atoms with Crippen LogP contribution >= 0.6 is 38.5 Å². The lowest BCUT2D eigenvalue weighted by Gasteiger charge is -2.44. The number of amides is 2. The van der Waals surface area contributed by atoms with Crippen molar-refractivity contribution in [2.45, 2.75) is 19.4 Å². The van der Waals surface area contributed by atoms with Gasteiger partial charge in [0.2, 0.25) is 5.91 Å². The standard InChI is InChI=1S/C14H16BrIN2O2/c1-14(2)13(20)17(3)6-7-18(14)12(19)10-8-9(16)4-5-11(10)15/h4-5,8H,6-7H2,1-3H3. The first-order valence-electron chi connectivity index (χ1n) is 6.27. The Morgan fingerprint density at radius 1 is 1.35 bits per heavy atom. The normalized spacial score (nSPS) is 18.4. The summed E-state index contributed by atoms with van der Waals surface area (Å²) in [5.74, 6) is -0.138. The predicted octanol–water partition coefficient (Wildman–Crippen LogP) is 2.75.